The number of alkyl halides is 1. The van der Waals surface area contributed by atoms with Gasteiger partial charge >= 0.3 is 0 Å². The van der Waals surface area contributed by atoms with Gasteiger partial charge in [-0.2, -0.15) is 0 Å². The maximum Gasteiger partial charge on any atom is 0.231 e. The molecule has 0 aromatic heterocycles. The molecule has 3 N–H and O–H groups in total. The molecule has 2 atom stereocenters. The van der Waals surface area contributed by atoms with Gasteiger partial charge in [0.15, 0.2) is 0 Å². The molecule has 1 heterocycles. The number of hydrogen-bond donors (Lipinski definition) is 2. The summed E-state index contributed by atoms with van der Waals surface area (Å²) in [5.74, 6) is -0.543. The van der Waals surface area contributed by atoms with Crippen LogP contribution in [0.25, 0.3) is 0 Å². The summed E-state index contributed by atoms with van der Waals surface area (Å²) in [5, 5.41) is 0. The second-order valence-corrected chi connectivity index (χ2v) is 5.84. The van der Waals surface area contributed by atoms with Gasteiger partial charge in [-0.3, -0.25) is 9.69 Å². The number of sulfonamides is 1. The molecule has 1 fully saturated rings. The first-order valence-electron chi connectivity index (χ1n) is 4.89. The van der Waals surface area contributed by atoms with Crippen molar-refractivity contribution >= 4 is 15.9 Å². The summed E-state index contributed by atoms with van der Waals surface area (Å²) in [5.41, 5.74) is 5.02. The minimum atomic E-state index is -3.30. The lowest BCUT2D eigenvalue weighted by atomic mass is 10.2. The monoisotopic (exact) mass is 253 g/mol. The van der Waals surface area contributed by atoms with Crippen LogP contribution < -0.4 is 10.5 Å². The van der Waals surface area contributed by atoms with Gasteiger partial charge in [-0.1, -0.05) is 0 Å². The highest BCUT2D eigenvalue weighted by molar-refractivity contribution is 7.88. The number of hydrogen-bond acceptors (Lipinski definition) is 4. The molecule has 94 valence electrons. The third-order valence-corrected chi connectivity index (χ3v) is 3.11. The molecule has 1 aliphatic rings. The molecular weight excluding hydrogens is 237 g/mol. The minimum Gasteiger partial charge on any atom is -0.369 e. The number of rotatable bonds is 5. The molecule has 16 heavy (non-hydrogen) atoms. The zero-order valence-corrected chi connectivity index (χ0v) is 9.84. The fourth-order valence-electron chi connectivity index (χ4n) is 1.78. The van der Waals surface area contributed by atoms with Crippen molar-refractivity contribution in [1.29, 1.82) is 0 Å². The molecule has 0 saturated carbocycles. The number of halogens is 1. The van der Waals surface area contributed by atoms with Crippen LogP contribution in [0.5, 0.6) is 0 Å². The molecular formula is C8H16FN3O3S. The molecule has 1 rings (SSSR count). The van der Waals surface area contributed by atoms with E-state index in [0.29, 0.717) is 0 Å². The van der Waals surface area contributed by atoms with Crippen LogP contribution in [0, 0.1) is 0 Å². The zero-order valence-electron chi connectivity index (χ0n) is 9.02. The van der Waals surface area contributed by atoms with E-state index in [2.05, 4.69) is 4.72 Å². The fourth-order valence-corrected chi connectivity index (χ4v) is 2.27. The summed E-state index contributed by atoms with van der Waals surface area (Å²) < 4.78 is 37.2. The standard InChI is InChI=1S/C8H16FN3O3S/c1-16(14,15)11-3-7-2-6(9)4-12(7)5-8(10)13/h6-7,11H,2-5H2,1H3,(H2,10,13)/t6-,7+/m1/s1. The third kappa shape index (κ3) is 4.42. The molecule has 0 bridgehead atoms. The Kier molecular flexibility index (Phi) is 4.22. The predicted molar refractivity (Wildman–Crippen MR) is 56.9 cm³/mol. The first-order valence-corrected chi connectivity index (χ1v) is 6.78. The van der Waals surface area contributed by atoms with E-state index in [1.54, 1.807) is 4.90 Å². The maximum atomic E-state index is 13.1. The highest BCUT2D eigenvalue weighted by Crippen LogP contribution is 2.19. The van der Waals surface area contributed by atoms with Crippen LogP contribution in [-0.4, -0.2) is 57.3 Å². The summed E-state index contributed by atoms with van der Waals surface area (Å²) in [6.45, 7) is 0.183. The Bertz CT molecular complexity index is 360. The van der Waals surface area contributed by atoms with Crippen molar-refractivity contribution in [2.75, 3.05) is 25.9 Å². The minimum absolute atomic E-state index is 0.0451. The van der Waals surface area contributed by atoms with Crippen molar-refractivity contribution < 1.29 is 17.6 Å². The molecule has 1 aliphatic heterocycles. The molecule has 0 radical (unpaired) electrons. The number of nitrogens with two attached hydrogens (primary N) is 1. The lowest BCUT2D eigenvalue weighted by Gasteiger charge is -2.22. The Balaban J connectivity index is 2.52. The molecule has 1 saturated heterocycles. The van der Waals surface area contributed by atoms with Crippen LogP contribution in [0.2, 0.25) is 0 Å². The van der Waals surface area contributed by atoms with Crippen molar-refractivity contribution in [2.24, 2.45) is 5.73 Å². The Labute approximate surface area is 94.0 Å². The van der Waals surface area contributed by atoms with Gasteiger partial charge in [-0.25, -0.2) is 17.5 Å². The molecule has 0 aromatic rings. The topological polar surface area (TPSA) is 92.5 Å². The number of nitrogens with zero attached hydrogens (tertiary/aromatic N) is 1. The molecule has 6 nitrogen and oxygen atoms in total. The van der Waals surface area contributed by atoms with Gasteiger partial charge in [0.05, 0.1) is 12.8 Å². The smallest absolute Gasteiger partial charge is 0.231 e. The Hall–Kier alpha value is -0.730. The van der Waals surface area contributed by atoms with Crippen LogP contribution in [0.4, 0.5) is 4.39 Å². The Morgan fingerprint density at radius 1 is 1.62 bits per heavy atom. The number of likely N-dealkylation sites (tertiary alicyclic amines) is 1. The first-order chi connectivity index (χ1) is 7.28. The lowest BCUT2D eigenvalue weighted by molar-refractivity contribution is -0.119. The van der Waals surface area contributed by atoms with Gasteiger partial charge < -0.3 is 5.73 Å². The molecule has 0 aromatic carbocycles. The Morgan fingerprint density at radius 3 is 2.75 bits per heavy atom. The van der Waals surface area contributed by atoms with Crippen molar-refractivity contribution in [2.45, 2.75) is 18.6 Å². The van der Waals surface area contributed by atoms with Gasteiger partial charge in [0, 0.05) is 19.1 Å². The van der Waals surface area contributed by atoms with Crippen molar-refractivity contribution in [3.05, 3.63) is 0 Å². The van der Waals surface area contributed by atoms with Crippen LogP contribution in [0.3, 0.4) is 0 Å². The van der Waals surface area contributed by atoms with Gasteiger partial charge in [0.2, 0.25) is 15.9 Å². The van der Waals surface area contributed by atoms with Crippen molar-refractivity contribution in [1.82, 2.24) is 9.62 Å². The normalized spacial score (nSPS) is 27.1. The number of nitrogens with one attached hydrogen (secondary N) is 1. The van der Waals surface area contributed by atoms with Gasteiger partial charge in [0.25, 0.3) is 0 Å². The van der Waals surface area contributed by atoms with Gasteiger partial charge in [-0.15, -0.1) is 0 Å². The van der Waals surface area contributed by atoms with Gasteiger partial charge in [-0.05, 0) is 6.42 Å². The van der Waals surface area contributed by atoms with Crippen molar-refractivity contribution in [3.63, 3.8) is 0 Å². The third-order valence-electron chi connectivity index (χ3n) is 2.42. The van der Waals surface area contributed by atoms with E-state index in [9.17, 15) is 17.6 Å². The quantitative estimate of drug-likeness (QED) is 0.619. The average molecular weight is 253 g/mol. The van der Waals surface area contributed by atoms with Crippen LogP contribution >= 0.6 is 0 Å². The van der Waals surface area contributed by atoms with E-state index >= 15 is 0 Å². The highest BCUT2D eigenvalue weighted by atomic mass is 32.2. The predicted octanol–water partition coefficient (Wildman–Crippen LogP) is -1.57. The highest BCUT2D eigenvalue weighted by Gasteiger charge is 2.32. The summed E-state index contributed by atoms with van der Waals surface area (Å²) >= 11 is 0. The number of amides is 1. The van der Waals surface area contributed by atoms with E-state index in [1.165, 1.54) is 0 Å². The largest absolute Gasteiger partial charge is 0.369 e. The van der Waals surface area contributed by atoms with Crippen LogP contribution in [0.15, 0.2) is 0 Å². The van der Waals surface area contributed by atoms with Gasteiger partial charge in [0.1, 0.15) is 6.17 Å². The van der Waals surface area contributed by atoms with E-state index in [1.807, 2.05) is 0 Å². The zero-order chi connectivity index (χ0) is 12.3. The summed E-state index contributed by atoms with van der Waals surface area (Å²) in [6.07, 6.45) is 0.217. The number of carbonyl (C=O) groups is 1. The summed E-state index contributed by atoms with van der Waals surface area (Å²) in [6, 6.07) is -0.308. The molecule has 0 aliphatic carbocycles. The molecule has 0 unspecified atom stereocenters. The molecule has 1 amide bonds. The maximum absolute atomic E-state index is 13.1. The van der Waals surface area contributed by atoms with E-state index in [4.69, 9.17) is 5.73 Å². The Morgan fingerprint density at radius 2 is 2.25 bits per heavy atom. The number of carbonyl (C=O) groups excluding carboxylic acids is 1. The summed E-state index contributed by atoms with van der Waals surface area (Å²) in [4.78, 5) is 12.3. The van der Waals surface area contributed by atoms with E-state index in [0.717, 1.165) is 6.26 Å². The second kappa shape index (κ2) is 5.07. The SMILES string of the molecule is CS(=O)(=O)NC[C@@H]1C[C@@H](F)CN1CC(N)=O. The fraction of sp³-hybridized carbons (Fsp3) is 0.875. The van der Waals surface area contributed by atoms with E-state index < -0.39 is 22.1 Å². The van der Waals surface area contributed by atoms with Crippen molar-refractivity contribution in [3.8, 4) is 0 Å². The van der Waals surface area contributed by atoms with Crippen LogP contribution in [0.1, 0.15) is 6.42 Å². The summed E-state index contributed by atoms with van der Waals surface area (Å²) in [7, 11) is -3.30. The second-order valence-electron chi connectivity index (χ2n) is 4.00. The average Bonchev–Trinajstić information content (AvgIpc) is 2.40. The van der Waals surface area contributed by atoms with Crippen LogP contribution in [-0.2, 0) is 14.8 Å². The molecule has 0 spiro atoms. The molecule has 8 heteroatoms. The van der Waals surface area contributed by atoms with E-state index in [-0.39, 0.29) is 32.1 Å². The first kappa shape index (κ1) is 13.3. The lowest BCUT2D eigenvalue weighted by Crippen LogP contribution is -2.43. The number of primary amides is 1.